The zero-order valence-electron chi connectivity index (χ0n) is 15.0. The second-order valence-electron chi connectivity index (χ2n) is 6.36. The fraction of sp³-hybridized carbons (Fsp3) is 0.400. The molecule has 0 saturated heterocycles. The van der Waals surface area contributed by atoms with Gasteiger partial charge in [-0.15, -0.1) is 0 Å². The SMILES string of the molecule is CCC(CC)(CN)C(=O)NCc1ccc(Cn2ccccc2=O)cc1. The van der Waals surface area contributed by atoms with Crippen molar-refractivity contribution in [2.75, 3.05) is 6.54 Å². The Morgan fingerprint density at radius 1 is 1.08 bits per heavy atom. The van der Waals surface area contributed by atoms with Crippen LogP contribution < -0.4 is 16.6 Å². The van der Waals surface area contributed by atoms with Crippen LogP contribution in [0.4, 0.5) is 0 Å². The normalized spacial score (nSPS) is 11.3. The molecule has 0 atom stereocenters. The lowest BCUT2D eigenvalue weighted by molar-refractivity contribution is -0.131. The summed E-state index contributed by atoms with van der Waals surface area (Å²) in [4.78, 5) is 24.2. The summed E-state index contributed by atoms with van der Waals surface area (Å²) < 4.78 is 1.66. The predicted molar refractivity (Wildman–Crippen MR) is 100 cm³/mol. The van der Waals surface area contributed by atoms with Crippen LogP contribution in [0.5, 0.6) is 0 Å². The maximum absolute atomic E-state index is 12.4. The number of hydrogen-bond donors (Lipinski definition) is 2. The van der Waals surface area contributed by atoms with E-state index < -0.39 is 5.41 Å². The monoisotopic (exact) mass is 341 g/mol. The van der Waals surface area contributed by atoms with Crippen LogP contribution in [0.2, 0.25) is 0 Å². The first kappa shape index (κ1) is 18.9. The number of pyridine rings is 1. The topological polar surface area (TPSA) is 77.1 Å². The molecular weight excluding hydrogens is 314 g/mol. The molecule has 0 bridgehead atoms. The van der Waals surface area contributed by atoms with Crippen LogP contribution in [0.25, 0.3) is 0 Å². The molecule has 1 aromatic carbocycles. The number of nitrogens with two attached hydrogens (primary N) is 1. The maximum atomic E-state index is 12.4. The van der Waals surface area contributed by atoms with Crippen LogP contribution >= 0.6 is 0 Å². The zero-order chi connectivity index (χ0) is 18.3. The highest BCUT2D eigenvalue weighted by Gasteiger charge is 2.32. The van der Waals surface area contributed by atoms with Crippen LogP contribution in [-0.2, 0) is 17.9 Å². The van der Waals surface area contributed by atoms with Crippen LogP contribution in [0, 0.1) is 5.41 Å². The van der Waals surface area contributed by atoms with Gasteiger partial charge in [0.1, 0.15) is 0 Å². The molecule has 1 amide bonds. The fourth-order valence-corrected chi connectivity index (χ4v) is 2.87. The van der Waals surface area contributed by atoms with E-state index in [2.05, 4.69) is 5.32 Å². The maximum Gasteiger partial charge on any atom is 0.250 e. The van der Waals surface area contributed by atoms with E-state index in [0.717, 1.165) is 24.0 Å². The molecule has 3 N–H and O–H groups in total. The minimum atomic E-state index is -0.478. The van der Waals surface area contributed by atoms with Crippen molar-refractivity contribution in [3.8, 4) is 0 Å². The number of amides is 1. The third kappa shape index (κ3) is 4.57. The second-order valence-corrected chi connectivity index (χ2v) is 6.36. The van der Waals surface area contributed by atoms with Gasteiger partial charge in [0.25, 0.3) is 5.56 Å². The average molecular weight is 341 g/mol. The summed E-state index contributed by atoms with van der Waals surface area (Å²) in [7, 11) is 0. The Kier molecular flexibility index (Phi) is 6.53. The Morgan fingerprint density at radius 2 is 1.72 bits per heavy atom. The molecule has 0 aliphatic rings. The summed E-state index contributed by atoms with van der Waals surface area (Å²) in [5.74, 6) is 0.0138. The Hall–Kier alpha value is -2.40. The molecule has 5 heteroatoms. The average Bonchev–Trinajstić information content (AvgIpc) is 2.65. The lowest BCUT2D eigenvalue weighted by Crippen LogP contribution is -2.45. The van der Waals surface area contributed by atoms with E-state index in [0.29, 0.717) is 19.6 Å². The van der Waals surface area contributed by atoms with Crippen LogP contribution in [-0.4, -0.2) is 17.0 Å². The minimum Gasteiger partial charge on any atom is -0.352 e. The number of benzene rings is 1. The first-order valence-corrected chi connectivity index (χ1v) is 8.76. The highest BCUT2D eigenvalue weighted by atomic mass is 16.2. The van der Waals surface area contributed by atoms with E-state index in [1.54, 1.807) is 22.9 Å². The van der Waals surface area contributed by atoms with Crippen molar-refractivity contribution in [1.29, 1.82) is 0 Å². The Morgan fingerprint density at radius 3 is 2.28 bits per heavy atom. The molecule has 0 saturated carbocycles. The van der Waals surface area contributed by atoms with Crippen molar-refractivity contribution in [3.63, 3.8) is 0 Å². The van der Waals surface area contributed by atoms with Crippen molar-refractivity contribution in [1.82, 2.24) is 9.88 Å². The van der Waals surface area contributed by atoms with Gasteiger partial charge in [-0.05, 0) is 30.0 Å². The number of rotatable bonds is 8. The van der Waals surface area contributed by atoms with Crippen LogP contribution in [0.3, 0.4) is 0 Å². The fourth-order valence-electron chi connectivity index (χ4n) is 2.87. The van der Waals surface area contributed by atoms with Gasteiger partial charge >= 0.3 is 0 Å². The summed E-state index contributed by atoms with van der Waals surface area (Å²) in [5, 5.41) is 3.00. The molecule has 0 spiro atoms. The van der Waals surface area contributed by atoms with Gasteiger partial charge in [-0.2, -0.15) is 0 Å². The first-order valence-electron chi connectivity index (χ1n) is 8.76. The zero-order valence-corrected chi connectivity index (χ0v) is 15.0. The van der Waals surface area contributed by atoms with Crippen LogP contribution in [0.15, 0.2) is 53.5 Å². The summed E-state index contributed by atoms with van der Waals surface area (Å²) in [6.07, 6.45) is 3.24. The molecule has 0 aliphatic carbocycles. The number of hydrogen-bond acceptors (Lipinski definition) is 3. The smallest absolute Gasteiger partial charge is 0.250 e. The lowest BCUT2D eigenvalue weighted by atomic mass is 9.81. The predicted octanol–water partition coefficient (Wildman–Crippen LogP) is 2.28. The van der Waals surface area contributed by atoms with E-state index in [1.165, 1.54) is 0 Å². The Bertz CT molecular complexity index is 738. The van der Waals surface area contributed by atoms with E-state index in [9.17, 15) is 9.59 Å². The Balaban J connectivity index is 1.98. The molecular formula is C20H27N3O2. The number of aromatic nitrogens is 1. The van der Waals surface area contributed by atoms with Gasteiger partial charge < -0.3 is 15.6 Å². The van der Waals surface area contributed by atoms with Crippen molar-refractivity contribution in [3.05, 3.63) is 70.1 Å². The highest BCUT2D eigenvalue weighted by Crippen LogP contribution is 2.25. The number of carbonyl (C=O) groups is 1. The van der Waals surface area contributed by atoms with Gasteiger partial charge in [-0.3, -0.25) is 9.59 Å². The summed E-state index contributed by atoms with van der Waals surface area (Å²) in [6, 6.07) is 13.1. The third-order valence-corrected chi connectivity index (χ3v) is 4.95. The summed E-state index contributed by atoms with van der Waals surface area (Å²) in [6.45, 7) is 5.36. The standard InChI is InChI=1S/C20H27N3O2/c1-3-20(4-2,15-21)19(25)22-13-16-8-10-17(11-9-16)14-23-12-6-5-7-18(23)24/h5-12H,3-4,13-15,21H2,1-2H3,(H,22,25). The van der Waals surface area contributed by atoms with Gasteiger partial charge in [0.2, 0.25) is 5.91 Å². The van der Waals surface area contributed by atoms with Crippen molar-refractivity contribution < 1.29 is 4.79 Å². The second kappa shape index (κ2) is 8.62. The van der Waals surface area contributed by atoms with Gasteiger partial charge in [0.05, 0.1) is 12.0 Å². The molecule has 1 heterocycles. The van der Waals surface area contributed by atoms with Crippen molar-refractivity contribution in [2.24, 2.45) is 11.1 Å². The number of nitrogens with zero attached hydrogens (tertiary/aromatic N) is 1. The third-order valence-electron chi connectivity index (χ3n) is 4.95. The van der Waals surface area contributed by atoms with Gasteiger partial charge in [-0.1, -0.05) is 44.2 Å². The molecule has 0 aliphatic heterocycles. The lowest BCUT2D eigenvalue weighted by Gasteiger charge is -2.28. The quantitative estimate of drug-likeness (QED) is 0.773. The molecule has 2 aromatic rings. The summed E-state index contributed by atoms with van der Waals surface area (Å²) in [5.41, 5.74) is 7.39. The molecule has 1 aromatic heterocycles. The van der Waals surface area contributed by atoms with Gasteiger partial charge in [0.15, 0.2) is 0 Å². The Labute approximate surface area is 148 Å². The van der Waals surface area contributed by atoms with Crippen molar-refractivity contribution in [2.45, 2.75) is 39.8 Å². The molecule has 0 unspecified atom stereocenters. The van der Waals surface area contributed by atoms with E-state index >= 15 is 0 Å². The van der Waals surface area contributed by atoms with Crippen LogP contribution in [0.1, 0.15) is 37.8 Å². The van der Waals surface area contributed by atoms with E-state index in [1.807, 2.05) is 44.2 Å². The molecule has 2 rings (SSSR count). The molecule has 134 valence electrons. The molecule has 0 fully saturated rings. The van der Waals surface area contributed by atoms with Gasteiger partial charge in [0, 0.05) is 25.4 Å². The first-order chi connectivity index (χ1) is 12.0. The highest BCUT2D eigenvalue weighted by molar-refractivity contribution is 5.82. The van der Waals surface area contributed by atoms with E-state index in [4.69, 9.17) is 5.73 Å². The molecule has 25 heavy (non-hydrogen) atoms. The van der Waals surface area contributed by atoms with Gasteiger partial charge in [-0.25, -0.2) is 0 Å². The largest absolute Gasteiger partial charge is 0.352 e. The summed E-state index contributed by atoms with van der Waals surface area (Å²) >= 11 is 0. The minimum absolute atomic E-state index is 0.0138. The van der Waals surface area contributed by atoms with E-state index in [-0.39, 0.29) is 11.5 Å². The molecule has 5 nitrogen and oxygen atoms in total. The number of nitrogens with one attached hydrogen (secondary N) is 1. The van der Waals surface area contributed by atoms with Crippen molar-refractivity contribution >= 4 is 5.91 Å². The molecule has 0 radical (unpaired) electrons. The number of carbonyl (C=O) groups excluding carboxylic acids is 1.